The van der Waals surface area contributed by atoms with Gasteiger partial charge in [-0.1, -0.05) is 13.8 Å². The first-order valence-corrected chi connectivity index (χ1v) is 5.32. The van der Waals surface area contributed by atoms with E-state index in [0.29, 0.717) is 6.54 Å². The molecule has 0 spiro atoms. The lowest BCUT2D eigenvalue weighted by Gasteiger charge is -2.34. The van der Waals surface area contributed by atoms with Gasteiger partial charge in [0.05, 0.1) is 5.54 Å². The molecule has 1 amide bonds. The molecule has 0 aromatic heterocycles. The Balaban J connectivity index is 4.39. The van der Waals surface area contributed by atoms with Crippen LogP contribution < -0.4 is 11.1 Å². The van der Waals surface area contributed by atoms with Crippen LogP contribution in [0.5, 0.6) is 0 Å². The first-order valence-electron chi connectivity index (χ1n) is 5.32. The van der Waals surface area contributed by atoms with Crippen LogP contribution in [0, 0.1) is 5.92 Å². The highest BCUT2D eigenvalue weighted by Gasteiger charge is 2.30. The topological polar surface area (TPSA) is 64.3 Å². The normalized spacial score (nSPS) is 16.0. The van der Waals surface area contributed by atoms with Gasteiger partial charge in [0.25, 0.3) is 0 Å². The molecule has 0 rings (SSSR count). The summed E-state index contributed by atoms with van der Waals surface area (Å²) in [7, 11) is 0. The molecule has 0 aromatic rings. The third-order valence-electron chi connectivity index (χ3n) is 2.48. The highest BCUT2D eigenvalue weighted by molar-refractivity contribution is 5.68. The van der Waals surface area contributed by atoms with Crippen LogP contribution in [0.3, 0.4) is 0 Å². The largest absolute Gasteiger partial charge is 0.444 e. The molecule has 3 N–H and O–H groups in total. The van der Waals surface area contributed by atoms with Crippen LogP contribution in [0.25, 0.3) is 0 Å². The second kappa shape index (κ2) is 4.84. The van der Waals surface area contributed by atoms with Crippen LogP contribution in [0.4, 0.5) is 4.79 Å². The van der Waals surface area contributed by atoms with E-state index in [4.69, 9.17) is 10.5 Å². The highest BCUT2D eigenvalue weighted by atomic mass is 16.6. The smallest absolute Gasteiger partial charge is 0.408 e. The number of hydrogen-bond donors (Lipinski definition) is 2. The van der Waals surface area contributed by atoms with Crippen molar-refractivity contribution in [3.05, 3.63) is 0 Å². The minimum absolute atomic E-state index is 0.259. The maximum absolute atomic E-state index is 11.5. The van der Waals surface area contributed by atoms with Crippen molar-refractivity contribution in [2.24, 2.45) is 11.7 Å². The summed E-state index contributed by atoms with van der Waals surface area (Å²) in [6.07, 6.45) is -0.413. The monoisotopic (exact) mass is 216 g/mol. The van der Waals surface area contributed by atoms with Crippen LogP contribution in [-0.4, -0.2) is 23.8 Å². The molecule has 4 heteroatoms. The fourth-order valence-corrected chi connectivity index (χ4v) is 0.968. The first-order chi connectivity index (χ1) is 6.60. The number of carbonyl (C=O) groups excluding carboxylic acids is 1. The Morgan fingerprint density at radius 1 is 1.33 bits per heavy atom. The third-order valence-corrected chi connectivity index (χ3v) is 2.48. The van der Waals surface area contributed by atoms with Gasteiger partial charge in [-0.05, 0) is 33.6 Å². The average molecular weight is 216 g/mol. The Labute approximate surface area is 92.6 Å². The number of amides is 1. The maximum Gasteiger partial charge on any atom is 0.408 e. The van der Waals surface area contributed by atoms with Crippen molar-refractivity contribution in [2.45, 2.75) is 52.7 Å². The Bertz CT molecular complexity index is 221. The van der Waals surface area contributed by atoms with E-state index in [9.17, 15) is 4.79 Å². The van der Waals surface area contributed by atoms with Crippen LogP contribution in [0.1, 0.15) is 41.5 Å². The number of ether oxygens (including phenoxy) is 1. The van der Waals surface area contributed by atoms with Crippen molar-refractivity contribution in [3.8, 4) is 0 Å². The van der Waals surface area contributed by atoms with E-state index < -0.39 is 17.2 Å². The van der Waals surface area contributed by atoms with Gasteiger partial charge in [0.2, 0.25) is 0 Å². The molecule has 0 radical (unpaired) electrons. The van der Waals surface area contributed by atoms with Crippen molar-refractivity contribution in [3.63, 3.8) is 0 Å². The molecule has 90 valence electrons. The summed E-state index contributed by atoms with van der Waals surface area (Å²) in [4.78, 5) is 11.5. The Hall–Kier alpha value is -0.770. The molecule has 15 heavy (non-hydrogen) atoms. The first kappa shape index (κ1) is 14.2. The van der Waals surface area contributed by atoms with E-state index in [0.717, 1.165) is 0 Å². The average Bonchev–Trinajstić information content (AvgIpc) is 1.99. The summed E-state index contributed by atoms with van der Waals surface area (Å²) in [5.41, 5.74) is 4.76. The van der Waals surface area contributed by atoms with Crippen LogP contribution >= 0.6 is 0 Å². The summed E-state index contributed by atoms with van der Waals surface area (Å²) in [6, 6.07) is 0. The van der Waals surface area contributed by atoms with Gasteiger partial charge in [0.15, 0.2) is 0 Å². The Kier molecular flexibility index (Phi) is 4.59. The molecule has 0 aliphatic heterocycles. The van der Waals surface area contributed by atoms with Crippen molar-refractivity contribution in [1.82, 2.24) is 5.32 Å². The number of rotatable bonds is 3. The zero-order valence-electron chi connectivity index (χ0n) is 10.7. The van der Waals surface area contributed by atoms with Crippen molar-refractivity contribution in [1.29, 1.82) is 0 Å². The van der Waals surface area contributed by atoms with E-state index in [2.05, 4.69) is 5.32 Å². The van der Waals surface area contributed by atoms with Gasteiger partial charge in [-0.15, -0.1) is 0 Å². The molecule has 0 aliphatic carbocycles. The van der Waals surface area contributed by atoms with Crippen molar-refractivity contribution < 1.29 is 9.53 Å². The molecular weight excluding hydrogens is 192 g/mol. The van der Waals surface area contributed by atoms with Gasteiger partial charge >= 0.3 is 6.09 Å². The van der Waals surface area contributed by atoms with E-state index in [-0.39, 0.29) is 5.92 Å². The molecule has 0 bridgehead atoms. The highest BCUT2D eigenvalue weighted by Crippen LogP contribution is 2.16. The number of nitrogens with one attached hydrogen (secondary N) is 1. The van der Waals surface area contributed by atoms with E-state index in [1.165, 1.54) is 0 Å². The molecule has 0 saturated heterocycles. The van der Waals surface area contributed by atoms with Gasteiger partial charge in [-0.3, -0.25) is 0 Å². The van der Waals surface area contributed by atoms with Crippen LogP contribution in [0.15, 0.2) is 0 Å². The lowest BCUT2D eigenvalue weighted by atomic mass is 9.89. The molecule has 0 aromatic carbocycles. The fraction of sp³-hybridized carbons (Fsp3) is 0.909. The summed E-state index contributed by atoms with van der Waals surface area (Å²) < 4.78 is 5.18. The van der Waals surface area contributed by atoms with Crippen molar-refractivity contribution in [2.75, 3.05) is 6.54 Å². The van der Waals surface area contributed by atoms with E-state index >= 15 is 0 Å². The molecule has 1 unspecified atom stereocenters. The summed E-state index contributed by atoms with van der Waals surface area (Å²) in [6.45, 7) is 11.9. The second-order valence-corrected chi connectivity index (χ2v) is 5.40. The molecule has 0 aliphatic rings. The van der Waals surface area contributed by atoms with Gasteiger partial charge < -0.3 is 15.8 Å². The van der Waals surface area contributed by atoms with Gasteiger partial charge in [-0.25, -0.2) is 4.79 Å². The van der Waals surface area contributed by atoms with Gasteiger partial charge in [0, 0.05) is 6.54 Å². The number of alkyl carbamates (subject to hydrolysis) is 1. The minimum Gasteiger partial charge on any atom is -0.444 e. The van der Waals surface area contributed by atoms with Crippen LogP contribution in [0.2, 0.25) is 0 Å². The van der Waals surface area contributed by atoms with Gasteiger partial charge in [0.1, 0.15) is 5.60 Å². The molecule has 0 heterocycles. The quantitative estimate of drug-likeness (QED) is 0.757. The SMILES string of the molecule is CC(C)C(C)(CN)NC(=O)OC(C)(C)C. The van der Waals surface area contributed by atoms with E-state index in [1.807, 2.05) is 41.5 Å². The molecule has 0 saturated carbocycles. The predicted molar refractivity (Wildman–Crippen MR) is 61.7 cm³/mol. The molecule has 0 fully saturated rings. The lowest BCUT2D eigenvalue weighted by Crippen LogP contribution is -2.55. The van der Waals surface area contributed by atoms with Crippen LogP contribution in [-0.2, 0) is 4.74 Å². The Morgan fingerprint density at radius 3 is 2.07 bits per heavy atom. The molecule has 1 atom stereocenters. The number of carbonyl (C=O) groups is 1. The van der Waals surface area contributed by atoms with Gasteiger partial charge in [-0.2, -0.15) is 0 Å². The second-order valence-electron chi connectivity index (χ2n) is 5.40. The fourth-order valence-electron chi connectivity index (χ4n) is 0.968. The third kappa shape index (κ3) is 5.02. The summed E-state index contributed by atoms with van der Waals surface area (Å²) >= 11 is 0. The number of hydrogen-bond acceptors (Lipinski definition) is 3. The summed E-state index contributed by atoms with van der Waals surface area (Å²) in [5, 5.41) is 2.81. The summed E-state index contributed by atoms with van der Waals surface area (Å²) in [5.74, 6) is 0.259. The maximum atomic E-state index is 11.5. The molecule has 4 nitrogen and oxygen atoms in total. The minimum atomic E-state index is -0.476. The standard InChI is InChI=1S/C11H24N2O2/c1-8(2)11(6,7-12)13-9(14)15-10(3,4)5/h8H,7,12H2,1-6H3,(H,13,14). The van der Waals surface area contributed by atoms with E-state index in [1.54, 1.807) is 0 Å². The molecular formula is C11H24N2O2. The predicted octanol–water partition coefficient (Wildman–Crippen LogP) is 1.88. The zero-order chi connectivity index (χ0) is 12.3. The lowest BCUT2D eigenvalue weighted by molar-refractivity contribution is 0.0438. The zero-order valence-corrected chi connectivity index (χ0v) is 10.7. The number of nitrogens with two attached hydrogens (primary N) is 1. The Morgan fingerprint density at radius 2 is 1.80 bits per heavy atom. The van der Waals surface area contributed by atoms with Crippen molar-refractivity contribution >= 4 is 6.09 Å².